The van der Waals surface area contributed by atoms with E-state index in [2.05, 4.69) is 56.3 Å². The summed E-state index contributed by atoms with van der Waals surface area (Å²) in [5.74, 6) is 0. The summed E-state index contributed by atoms with van der Waals surface area (Å²) in [4.78, 5) is 0. The lowest BCUT2D eigenvalue weighted by atomic mass is 10.1. The molecule has 0 nitrogen and oxygen atoms in total. The summed E-state index contributed by atoms with van der Waals surface area (Å²) in [5.41, 5.74) is 3.86. The van der Waals surface area contributed by atoms with Crippen molar-refractivity contribution in [2.24, 2.45) is 0 Å². The molecule has 0 spiro atoms. The molecule has 0 aromatic heterocycles. The third-order valence-corrected chi connectivity index (χ3v) is 2.22. The molecule has 78 valence electrons. The number of rotatable bonds is 3. The van der Waals surface area contributed by atoms with Gasteiger partial charge in [0.1, 0.15) is 0 Å². The zero-order chi connectivity index (χ0) is 11.1. The van der Waals surface area contributed by atoms with Gasteiger partial charge in [0.05, 0.1) is 0 Å². The zero-order valence-electron chi connectivity index (χ0n) is 9.70. The van der Waals surface area contributed by atoms with Gasteiger partial charge in [0.25, 0.3) is 0 Å². The maximum Gasteiger partial charge on any atom is -0.0227 e. The van der Waals surface area contributed by atoms with Crippen LogP contribution >= 0.6 is 0 Å². The molecule has 0 aliphatic heterocycles. The van der Waals surface area contributed by atoms with Gasteiger partial charge in [-0.25, -0.2) is 0 Å². The summed E-state index contributed by atoms with van der Waals surface area (Å²) in [5, 5.41) is 0. The van der Waals surface area contributed by atoms with Crippen molar-refractivity contribution >= 4 is 5.57 Å². The first-order chi connectivity index (χ1) is 7.24. The van der Waals surface area contributed by atoms with Crippen molar-refractivity contribution in [2.45, 2.75) is 20.8 Å². The van der Waals surface area contributed by atoms with Crippen molar-refractivity contribution in [2.75, 3.05) is 0 Å². The van der Waals surface area contributed by atoms with Crippen LogP contribution < -0.4 is 0 Å². The van der Waals surface area contributed by atoms with E-state index in [0.29, 0.717) is 0 Å². The second-order valence-electron chi connectivity index (χ2n) is 3.63. The molecule has 1 aromatic carbocycles. The molecule has 0 saturated carbocycles. The van der Waals surface area contributed by atoms with E-state index in [-0.39, 0.29) is 0 Å². The number of hydrogen-bond acceptors (Lipinski definition) is 0. The lowest BCUT2D eigenvalue weighted by molar-refractivity contribution is 1.48. The Labute approximate surface area is 92.6 Å². The molecule has 0 atom stereocenters. The lowest BCUT2D eigenvalue weighted by Crippen LogP contribution is -1.78. The molecule has 0 unspecified atom stereocenters. The van der Waals surface area contributed by atoms with Gasteiger partial charge in [0.15, 0.2) is 0 Å². The molecule has 15 heavy (non-hydrogen) atoms. The topological polar surface area (TPSA) is 0 Å². The Kier molecular flexibility index (Phi) is 4.62. The van der Waals surface area contributed by atoms with Crippen LogP contribution in [0.25, 0.3) is 5.57 Å². The van der Waals surface area contributed by atoms with E-state index < -0.39 is 0 Å². The van der Waals surface area contributed by atoms with Crippen LogP contribution in [0.3, 0.4) is 0 Å². The van der Waals surface area contributed by atoms with Crippen LogP contribution in [0.15, 0.2) is 60.2 Å². The van der Waals surface area contributed by atoms with Gasteiger partial charge in [-0.2, -0.15) is 0 Å². The SMILES string of the molecule is C\C=C/C=C(C)\C=C(/C)c1ccccc1. The summed E-state index contributed by atoms with van der Waals surface area (Å²) in [7, 11) is 0. The molecule has 0 bridgehead atoms. The first-order valence-corrected chi connectivity index (χ1v) is 5.27. The molecule has 0 heteroatoms. The van der Waals surface area contributed by atoms with Crippen LogP contribution in [-0.4, -0.2) is 0 Å². The maximum absolute atomic E-state index is 2.20. The van der Waals surface area contributed by atoms with E-state index in [1.807, 2.05) is 19.1 Å². The summed E-state index contributed by atoms with van der Waals surface area (Å²) in [6.45, 7) is 6.28. The fourth-order valence-electron chi connectivity index (χ4n) is 1.42. The van der Waals surface area contributed by atoms with E-state index in [0.717, 1.165) is 0 Å². The second-order valence-corrected chi connectivity index (χ2v) is 3.63. The minimum Gasteiger partial charge on any atom is -0.0877 e. The highest BCUT2D eigenvalue weighted by Crippen LogP contribution is 2.15. The van der Waals surface area contributed by atoms with Crippen molar-refractivity contribution in [3.8, 4) is 0 Å². The fourth-order valence-corrected chi connectivity index (χ4v) is 1.42. The van der Waals surface area contributed by atoms with Gasteiger partial charge >= 0.3 is 0 Å². The summed E-state index contributed by atoms with van der Waals surface area (Å²) >= 11 is 0. The van der Waals surface area contributed by atoms with Crippen LogP contribution in [-0.2, 0) is 0 Å². The Bertz CT molecular complexity index is 378. The van der Waals surface area contributed by atoms with Crippen molar-refractivity contribution in [3.63, 3.8) is 0 Å². The highest BCUT2D eigenvalue weighted by Gasteiger charge is 1.92. The first-order valence-electron chi connectivity index (χ1n) is 5.27. The zero-order valence-corrected chi connectivity index (χ0v) is 9.70. The van der Waals surface area contributed by atoms with Crippen LogP contribution in [0.2, 0.25) is 0 Å². The predicted octanol–water partition coefficient (Wildman–Crippen LogP) is 4.61. The van der Waals surface area contributed by atoms with Gasteiger partial charge < -0.3 is 0 Å². The molecule has 0 fully saturated rings. The van der Waals surface area contributed by atoms with Crippen LogP contribution in [0.4, 0.5) is 0 Å². The average molecular weight is 198 g/mol. The van der Waals surface area contributed by atoms with Crippen molar-refractivity contribution in [3.05, 3.63) is 65.8 Å². The third kappa shape index (κ3) is 3.99. The van der Waals surface area contributed by atoms with Gasteiger partial charge in [0.2, 0.25) is 0 Å². The standard InChI is InChI=1S/C15H18/c1-4-5-9-13(2)12-14(3)15-10-7-6-8-11-15/h4-12H,1-3H3/b5-4-,13-9-,14-12+. The molecular formula is C15H18. The molecule has 1 aromatic rings. The Balaban J connectivity index is 2.85. The lowest BCUT2D eigenvalue weighted by Gasteiger charge is -2.00. The minimum absolute atomic E-state index is 1.27. The Morgan fingerprint density at radius 1 is 1.07 bits per heavy atom. The normalized spacial score (nSPS) is 13.5. The maximum atomic E-state index is 2.20. The van der Waals surface area contributed by atoms with Crippen molar-refractivity contribution < 1.29 is 0 Å². The molecule has 0 amide bonds. The summed E-state index contributed by atoms with van der Waals surface area (Å²) in [6, 6.07) is 10.4. The van der Waals surface area contributed by atoms with E-state index in [4.69, 9.17) is 0 Å². The molecule has 0 aliphatic rings. The Hall–Kier alpha value is -1.56. The van der Waals surface area contributed by atoms with Crippen LogP contribution in [0.5, 0.6) is 0 Å². The van der Waals surface area contributed by atoms with E-state index in [9.17, 15) is 0 Å². The predicted molar refractivity (Wildman–Crippen MR) is 68.7 cm³/mol. The van der Waals surface area contributed by atoms with Gasteiger partial charge in [-0.1, -0.05) is 60.2 Å². The molecule has 0 aliphatic carbocycles. The van der Waals surface area contributed by atoms with Crippen molar-refractivity contribution in [1.29, 1.82) is 0 Å². The third-order valence-electron chi connectivity index (χ3n) is 2.22. The number of benzene rings is 1. The van der Waals surface area contributed by atoms with Crippen molar-refractivity contribution in [1.82, 2.24) is 0 Å². The average Bonchev–Trinajstić information content (AvgIpc) is 2.27. The summed E-state index contributed by atoms with van der Waals surface area (Å²) < 4.78 is 0. The summed E-state index contributed by atoms with van der Waals surface area (Å²) in [6.07, 6.45) is 8.42. The minimum atomic E-state index is 1.27. The van der Waals surface area contributed by atoms with Gasteiger partial charge in [0, 0.05) is 0 Å². The van der Waals surface area contributed by atoms with Crippen LogP contribution in [0.1, 0.15) is 26.3 Å². The molecule has 0 heterocycles. The highest BCUT2D eigenvalue weighted by atomic mass is 14.0. The number of hydrogen-bond donors (Lipinski definition) is 0. The molecule has 0 N–H and O–H groups in total. The molecule has 0 radical (unpaired) electrons. The molecule has 0 saturated heterocycles. The second kappa shape index (κ2) is 6.02. The van der Waals surface area contributed by atoms with E-state index in [1.165, 1.54) is 16.7 Å². The van der Waals surface area contributed by atoms with Crippen LogP contribution in [0, 0.1) is 0 Å². The molecule has 1 rings (SSSR count). The van der Waals surface area contributed by atoms with Gasteiger partial charge in [-0.3, -0.25) is 0 Å². The smallest absolute Gasteiger partial charge is 0.0227 e. The number of allylic oxidation sites excluding steroid dienone is 6. The Morgan fingerprint density at radius 3 is 2.33 bits per heavy atom. The van der Waals surface area contributed by atoms with Gasteiger partial charge in [-0.05, 0) is 31.9 Å². The highest BCUT2D eigenvalue weighted by molar-refractivity contribution is 5.66. The quantitative estimate of drug-likeness (QED) is 0.622. The van der Waals surface area contributed by atoms with Gasteiger partial charge in [-0.15, -0.1) is 0 Å². The fraction of sp³-hybridized carbons (Fsp3) is 0.200. The van der Waals surface area contributed by atoms with E-state index in [1.54, 1.807) is 0 Å². The molecular weight excluding hydrogens is 180 g/mol. The van der Waals surface area contributed by atoms with E-state index >= 15 is 0 Å². The monoisotopic (exact) mass is 198 g/mol. The first kappa shape index (κ1) is 11.5. The Morgan fingerprint density at radius 2 is 1.73 bits per heavy atom. The largest absolute Gasteiger partial charge is 0.0877 e.